The summed E-state index contributed by atoms with van der Waals surface area (Å²) in [6, 6.07) is 7.96. The number of amides is 2. The zero-order valence-electron chi connectivity index (χ0n) is 17.5. The number of hydrogen-bond donors (Lipinski definition) is 3. The first kappa shape index (κ1) is 22.3. The van der Waals surface area contributed by atoms with Crippen LogP contribution in [0.1, 0.15) is 57.7 Å². The van der Waals surface area contributed by atoms with E-state index in [0.29, 0.717) is 10.8 Å². The van der Waals surface area contributed by atoms with E-state index in [2.05, 4.69) is 36.3 Å². The Hall–Kier alpha value is -2.39. The van der Waals surface area contributed by atoms with Crippen LogP contribution in [0, 0.1) is 11.3 Å². The number of anilines is 1. The fraction of sp³-hybridized carbons (Fsp3) is 0.429. The first-order chi connectivity index (χ1) is 13.9. The lowest BCUT2D eigenvalue weighted by molar-refractivity contribution is 0.0849. The largest absolute Gasteiger partial charge is 0.284 e. The zero-order valence-corrected chi connectivity index (χ0v) is 19.2. The Kier molecular flexibility index (Phi) is 6.24. The van der Waals surface area contributed by atoms with Crippen LogP contribution in [0.25, 0.3) is 0 Å². The molecule has 0 bridgehead atoms. The van der Waals surface area contributed by atoms with Gasteiger partial charge in [0.15, 0.2) is 0 Å². The Labute approximate surface area is 181 Å². The summed E-state index contributed by atoms with van der Waals surface area (Å²) in [4.78, 5) is 26.7. The molecule has 1 unspecified atom stereocenters. The van der Waals surface area contributed by atoms with Gasteiger partial charge in [0.2, 0.25) is 10.0 Å². The van der Waals surface area contributed by atoms with Crippen molar-refractivity contribution in [2.45, 2.75) is 40.0 Å². The minimum atomic E-state index is -3.45. The highest BCUT2D eigenvalue weighted by atomic mass is 32.2. The minimum absolute atomic E-state index is 0.224. The summed E-state index contributed by atoms with van der Waals surface area (Å²) in [5, 5.41) is 0. The van der Waals surface area contributed by atoms with Crippen LogP contribution in [0.5, 0.6) is 0 Å². The Morgan fingerprint density at radius 2 is 1.80 bits per heavy atom. The summed E-state index contributed by atoms with van der Waals surface area (Å²) in [7, 11) is -3.45. The molecule has 162 valence electrons. The summed E-state index contributed by atoms with van der Waals surface area (Å²) in [5.74, 6) is -0.307. The molecule has 0 spiro atoms. The molecule has 0 fully saturated rings. The van der Waals surface area contributed by atoms with Gasteiger partial charge in [-0.1, -0.05) is 26.8 Å². The molecule has 1 aliphatic carbocycles. The fourth-order valence-electron chi connectivity index (χ4n) is 3.56. The van der Waals surface area contributed by atoms with Crippen molar-refractivity contribution in [2.24, 2.45) is 11.3 Å². The average molecular weight is 450 g/mol. The Morgan fingerprint density at radius 3 is 2.47 bits per heavy atom. The van der Waals surface area contributed by atoms with Gasteiger partial charge in [0.05, 0.1) is 11.1 Å². The van der Waals surface area contributed by atoms with Crippen molar-refractivity contribution in [3.63, 3.8) is 0 Å². The maximum atomic E-state index is 12.5. The first-order valence-corrected chi connectivity index (χ1v) is 12.4. The molecule has 2 aromatic rings. The molecule has 3 N–H and O–H groups in total. The van der Waals surface area contributed by atoms with E-state index in [1.165, 1.54) is 40.0 Å². The lowest BCUT2D eigenvalue weighted by atomic mass is 9.72. The van der Waals surface area contributed by atoms with Crippen LogP contribution < -0.4 is 15.6 Å². The van der Waals surface area contributed by atoms with Crippen LogP contribution in [-0.2, 0) is 22.9 Å². The number of fused-ring (bicyclic) bond motifs is 1. The van der Waals surface area contributed by atoms with Crippen LogP contribution in [0.4, 0.5) is 5.69 Å². The Morgan fingerprint density at radius 1 is 1.10 bits per heavy atom. The summed E-state index contributed by atoms with van der Waals surface area (Å²) < 4.78 is 25.0. The number of benzene rings is 1. The SMILES string of the molecule is CC(C)(C)C1CCc2sc(C(=O)NNC(=O)c3cccc(NS(C)(=O)=O)c3)cc2C1. The smallest absolute Gasteiger partial charge is 0.279 e. The predicted molar refractivity (Wildman–Crippen MR) is 119 cm³/mol. The highest BCUT2D eigenvalue weighted by Crippen LogP contribution is 2.40. The van der Waals surface area contributed by atoms with Gasteiger partial charge >= 0.3 is 0 Å². The molecule has 1 atom stereocenters. The molecule has 30 heavy (non-hydrogen) atoms. The summed E-state index contributed by atoms with van der Waals surface area (Å²) in [6.07, 6.45) is 4.09. The van der Waals surface area contributed by atoms with Crippen molar-refractivity contribution in [1.82, 2.24) is 10.9 Å². The van der Waals surface area contributed by atoms with E-state index in [1.54, 1.807) is 6.07 Å². The van der Waals surface area contributed by atoms with Crippen molar-refractivity contribution in [3.05, 3.63) is 51.2 Å². The van der Waals surface area contributed by atoms with Crippen LogP contribution in [0.3, 0.4) is 0 Å². The summed E-state index contributed by atoms with van der Waals surface area (Å²) in [6.45, 7) is 6.75. The molecular weight excluding hydrogens is 422 g/mol. The number of thiophene rings is 1. The quantitative estimate of drug-likeness (QED) is 0.623. The molecular formula is C21H27N3O4S2. The van der Waals surface area contributed by atoms with E-state index in [-0.39, 0.29) is 22.6 Å². The molecule has 1 aromatic carbocycles. The predicted octanol–water partition coefficient (Wildman–Crippen LogP) is 3.35. The standard InChI is InChI=1S/C21H27N3O4S2/c1-21(2,3)15-8-9-17-14(10-15)12-18(29-17)20(26)23-22-19(25)13-6-5-7-16(11-13)24-30(4,27)28/h5-7,11-12,15,24H,8-10H2,1-4H3,(H,22,25)(H,23,26). The molecule has 2 amide bonds. The Balaban J connectivity index is 1.62. The number of aryl methyl sites for hydroxylation is 1. The third-order valence-electron chi connectivity index (χ3n) is 5.25. The van der Waals surface area contributed by atoms with Gasteiger partial charge in [-0.05, 0) is 60.4 Å². The van der Waals surface area contributed by atoms with E-state index in [0.717, 1.165) is 25.5 Å². The number of rotatable bonds is 4. The lowest BCUT2D eigenvalue weighted by Crippen LogP contribution is -2.41. The maximum Gasteiger partial charge on any atom is 0.279 e. The highest BCUT2D eigenvalue weighted by molar-refractivity contribution is 7.92. The van der Waals surface area contributed by atoms with Gasteiger partial charge in [-0.15, -0.1) is 11.3 Å². The third kappa shape index (κ3) is 5.60. The second kappa shape index (κ2) is 8.39. The molecule has 0 saturated heterocycles. The normalized spacial score (nSPS) is 16.5. The molecule has 1 aliphatic rings. The van der Waals surface area contributed by atoms with Crippen molar-refractivity contribution in [1.29, 1.82) is 0 Å². The second-order valence-corrected chi connectivity index (χ2v) is 11.6. The number of hydrazine groups is 1. The molecule has 3 rings (SSSR count). The molecule has 0 saturated carbocycles. The van der Waals surface area contributed by atoms with Crippen LogP contribution in [0.2, 0.25) is 0 Å². The number of nitrogens with one attached hydrogen (secondary N) is 3. The molecule has 0 radical (unpaired) electrons. The van der Waals surface area contributed by atoms with Crippen molar-refractivity contribution in [3.8, 4) is 0 Å². The van der Waals surface area contributed by atoms with Gasteiger partial charge in [-0.25, -0.2) is 8.42 Å². The summed E-state index contributed by atoms with van der Waals surface area (Å²) in [5.41, 5.74) is 6.80. The minimum Gasteiger partial charge on any atom is -0.284 e. The van der Waals surface area contributed by atoms with Gasteiger partial charge in [0.1, 0.15) is 0 Å². The molecule has 9 heteroatoms. The molecule has 0 aliphatic heterocycles. The number of sulfonamides is 1. The van der Waals surface area contributed by atoms with E-state index >= 15 is 0 Å². The van der Waals surface area contributed by atoms with Crippen LogP contribution >= 0.6 is 11.3 Å². The van der Waals surface area contributed by atoms with Gasteiger partial charge in [-0.2, -0.15) is 0 Å². The van der Waals surface area contributed by atoms with E-state index < -0.39 is 15.9 Å². The van der Waals surface area contributed by atoms with Crippen LogP contribution in [0.15, 0.2) is 30.3 Å². The fourth-order valence-corrected chi connectivity index (χ4v) is 5.22. The number of carbonyl (C=O) groups excluding carboxylic acids is 2. The second-order valence-electron chi connectivity index (χ2n) is 8.73. The monoisotopic (exact) mass is 449 g/mol. The number of hydrogen-bond acceptors (Lipinski definition) is 5. The van der Waals surface area contributed by atoms with Gasteiger partial charge < -0.3 is 0 Å². The van der Waals surface area contributed by atoms with E-state index in [1.807, 2.05) is 6.07 Å². The van der Waals surface area contributed by atoms with Crippen molar-refractivity contribution < 1.29 is 18.0 Å². The first-order valence-electron chi connectivity index (χ1n) is 9.72. The highest BCUT2D eigenvalue weighted by Gasteiger charge is 2.30. The van der Waals surface area contributed by atoms with Crippen molar-refractivity contribution in [2.75, 3.05) is 11.0 Å². The van der Waals surface area contributed by atoms with Gasteiger partial charge in [0, 0.05) is 16.1 Å². The van der Waals surface area contributed by atoms with Gasteiger partial charge in [0.25, 0.3) is 11.8 Å². The van der Waals surface area contributed by atoms with Gasteiger partial charge in [-0.3, -0.25) is 25.2 Å². The average Bonchev–Trinajstić information content (AvgIpc) is 3.07. The van der Waals surface area contributed by atoms with Crippen LogP contribution in [-0.4, -0.2) is 26.5 Å². The summed E-state index contributed by atoms with van der Waals surface area (Å²) >= 11 is 1.47. The molecule has 7 nitrogen and oxygen atoms in total. The topological polar surface area (TPSA) is 104 Å². The lowest BCUT2D eigenvalue weighted by Gasteiger charge is -2.33. The Bertz CT molecular complexity index is 1070. The number of carbonyl (C=O) groups is 2. The van der Waals surface area contributed by atoms with Crippen molar-refractivity contribution >= 4 is 38.9 Å². The van der Waals surface area contributed by atoms with E-state index in [4.69, 9.17) is 0 Å². The molecule has 1 heterocycles. The van der Waals surface area contributed by atoms with E-state index in [9.17, 15) is 18.0 Å². The maximum absolute atomic E-state index is 12.5. The molecule has 1 aromatic heterocycles. The zero-order chi connectivity index (χ0) is 22.1. The third-order valence-corrected chi connectivity index (χ3v) is 7.09.